The molecule has 17 heavy (non-hydrogen) atoms. The van der Waals surface area contributed by atoms with Gasteiger partial charge >= 0.3 is 0 Å². The summed E-state index contributed by atoms with van der Waals surface area (Å²) in [5.74, 6) is 5.74. The molecule has 0 rings (SSSR count). The Bertz CT molecular complexity index is 195. The minimum atomic E-state index is -0.116. The molecule has 1 unspecified atom stereocenters. The zero-order chi connectivity index (χ0) is 13.5. The minimum Gasteiger partial charge on any atom is -0.374 e. The third-order valence-electron chi connectivity index (χ3n) is 3.65. The van der Waals surface area contributed by atoms with Gasteiger partial charge in [-0.3, -0.25) is 11.3 Å². The average molecular weight is 244 g/mol. The summed E-state index contributed by atoms with van der Waals surface area (Å²) in [5.41, 5.74) is 3.20. The summed E-state index contributed by atoms with van der Waals surface area (Å²) >= 11 is 0. The van der Waals surface area contributed by atoms with Gasteiger partial charge in [0.15, 0.2) is 0 Å². The molecule has 0 aromatic rings. The zero-order valence-corrected chi connectivity index (χ0v) is 12.6. The zero-order valence-electron chi connectivity index (χ0n) is 12.6. The van der Waals surface area contributed by atoms with Crippen LogP contribution in [0.5, 0.6) is 0 Å². The predicted octanol–water partition coefficient (Wildman–Crippen LogP) is 3.24. The molecule has 0 aliphatic heterocycles. The van der Waals surface area contributed by atoms with Gasteiger partial charge in [0.05, 0.1) is 11.6 Å². The Morgan fingerprint density at radius 3 is 1.94 bits per heavy atom. The van der Waals surface area contributed by atoms with Crippen molar-refractivity contribution < 1.29 is 4.74 Å². The molecule has 0 amide bonds. The summed E-state index contributed by atoms with van der Waals surface area (Å²) in [6.45, 7) is 14.0. The number of ether oxygens (including phenoxy) is 1. The Morgan fingerprint density at radius 2 is 1.65 bits per heavy atom. The van der Waals surface area contributed by atoms with Crippen molar-refractivity contribution in [2.24, 2.45) is 11.3 Å². The minimum absolute atomic E-state index is 0.116. The molecule has 0 heterocycles. The molecule has 0 aliphatic carbocycles. The number of hydrogen-bond donors (Lipinski definition) is 2. The van der Waals surface area contributed by atoms with Gasteiger partial charge in [-0.05, 0) is 38.0 Å². The first-order chi connectivity index (χ1) is 7.85. The molecule has 0 spiro atoms. The second-order valence-corrected chi connectivity index (χ2v) is 6.02. The van der Waals surface area contributed by atoms with Crippen LogP contribution in [0.15, 0.2) is 0 Å². The topological polar surface area (TPSA) is 47.3 Å². The lowest BCUT2D eigenvalue weighted by atomic mass is 9.81. The van der Waals surface area contributed by atoms with E-state index in [1.165, 1.54) is 0 Å². The Morgan fingerprint density at radius 1 is 1.12 bits per heavy atom. The molecule has 0 saturated heterocycles. The molecule has 0 aromatic carbocycles. The van der Waals surface area contributed by atoms with Gasteiger partial charge in [-0.1, -0.05) is 34.6 Å². The quantitative estimate of drug-likeness (QED) is 0.509. The van der Waals surface area contributed by atoms with Crippen molar-refractivity contribution in [3.63, 3.8) is 0 Å². The normalized spacial score (nSPS) is 15.0. The van der Waals surface area contributed by atoms with Gasteiger partial charge in [-0.25, -0.2) is 0 Å². The summed E-state index contributed by atoms with van der Waals surface area (Å²) in [4.78, 5) is 0. The standard InChI is InChI=1S/C14H32N2O/c1-7-14(8-2,17-9-3)12(16-15)10-11-13(4,5)6/h12,16H,7-11,15H2,1-6H3. The van der Waals surface area contributed by atoms with E-state index >= 15 is 0 Å². The highest BCUT2D eigenvalue weighted by Gasteiger charge is 2.36. The van der Waals surface area contributed by atoms with Crippen molar-refractivity contribution in [1.29, 1.82) is 0 Å². The number of nitrogens with two attached hydrogens (primary N) is 1. The molecule has 0 aliphatic rings. The van der Waals surface area contributed by atoms with Gasteiger partial charge in [-0.15, -0.1) is 0 Å². The van der Waals surface area contributed by atoms with Crippen LogP contribution in [0.1, 0.15) is 67.2 Å². The predicted molar refractivity (Wildman–Crippen MR) is 74.7 cm³/mol. The van der Waals surface area contributed by atoms with Gasteiger partial charge in [0.1, 0.15) is 0 Å². The number of hydrogen-bond acceptors (Lipinski definition) is 3. The molecule has 3 N–H and O–H groups in total. The van der Waals surface area contributed by atoms with E-state index in [9.17, 15) is 0 Å². The Balaban J connectivity index is 4.66. The summed E-state index contributed by atoms with van der Waals surface area (Å²) in [5, 5.41) is 0. The van der Waals surface area contributed by atoms with E-state index in [-0.39, 0.29) is 11.6 Å². The summed E-state index contributed by atoms with van der Waals surface area (Å²) < 4.78 is 6.00. The molecular weight excluding hydrogens is 212 g/mol. The fourth-order valence-corrected chi connectivity index (χ4v) is 2.41. The highest BCUT2D eigenvalue weighted by Crippen LogP contribution is 2.30. The molecule has 0 radical (unpaired) electrons. The Hall–Kier alpha value is -0.120. The highest BCUT2D eigenvalue weighted by atomic mass is 16.5. The number of hydrazine groups is 1. The van der Waals surface area contributed by atoms with E-state index in [0.717, 1.165) is 32.3 Å². The van der Waals surface area contributed by atoms with Gasteiger partial charge < -0.3 is 4.74 Å². The number of rotatable bonds is 8. The second kappa shape index (κ2) is 7.34. The Kier molecular flexibility index (Phi) is 7.29. The molecule has 3 nitrogen and oxygen atoms in total. The fourth-order valence-electron chi connectivity index (χ4n) is 2.41. The van der Waals surface area contributed by atoms with Crippen molar-refractivity contribution in [2.75, 3.05) is 6.61 Å². The molecule has 104 valence electrons. The lowest BCUT2D eigenvalue weighted by Gasteiger charge is -2.40. The summed E-state index contributed by atoms with van der Waals surface area (Å²) in [7, 11) is 0. The SMILES string of the molecule is CCOC(CC)(CC)C(CCC(C)(C)C)NN. The van der Waals surface area contributed by atoms with Crippen LogP contribution < -0.4 is 11.3 Å². The van der Waals surface area contributed by atoms with Crippen LogP contribution in [-0.4, -0.2) is 18.2 Å². The van der Waals surface area contributed by atoms with E-state index in [4.69, 9.17) is 10.6 Å². The third-order valence-corrected chi connectivity index (χ3v) is 3.65. The lowest BCUT2D eigenvalue weighted by Crippen LogP contribution is -2.54. The first kappa shape index (κ1) is 16.9. The molecule has 0 fully saturated rings. The van der Waals surface area contributed by atoms with Crippen LogP contribution in [-0.2, 0) is 4.74 Å². The molecule has 1 atom stereocenters. The van der Waals surface area contributed by atoms with Crippen molar-refractivity contribution in [3.05, 3.63) is 0 Å². The molecular formula is C14H32N2O. The van der Waals surface area contributed by atoms with E-state index < -0.39 is 0 Å². The maximum absolute atomic E-state index is 6.00. The Labute approximate surface area is 107 Å². The van der Waals surface area contributed by atoms with Crippen molar-refractivity contribution >= 4 is 0 Å². The molecule has 0 aromatic heterocycles. The van der Waals surface area contributed by atoms with Crippen LogP contribution in [0, 0.1) is 5.41 Å². The van der Waals surface area contributed by atoms with Gasteiger partial charge in [0.25, 0.3) is 0 Å². The van der Waals surface area contributed by atoms with Gasteiger partial charge in [0.2, 0.25) is 0 Å². The highest BCUT2D eigenvalue weighted by molar-refractivity contribution is 4.91. The lowest BCUT2D eigenvalue weighted by molar-refractivity contribution is -0.0754. The van der Waals surface area contributed by atoms with Crippen LogP contribution in [0.25, 0.3) is 0 Å². The van der Waals surface area contributed by atoms with Gasteiger partial charge in [0, 0.05) is 6.61 Å². The third kappa shape index (κ3) is 5.36. The van der Waals surface area contributed by atoms with E-state index in [2.05, 4.69) is 47.0 Å². The van der Waals surface area contributed by atoms with E-state index in [0.29, 0.717) is 5.41 Å². The van der Waals surface area contributed by atoms with Gasteiger partial charge in [-0.2, -0.15) is 0 Å². The smallest absolute Gasteiger partial charge is 0.0842 e. The van der Waals surface area contributed by atoms with Crippen molar-refractivity contribution in [2.45, 2.75) is 78.9 Å². The van der Waals surface area contributed by atoms with Crippen LogP contribution in [0.3, 0.4) is 0 Å². The fraction of sp³-hybridized carbons (Fsp3) is 1.00. The largest absolute Gasteiger partial charge is 0.374 e. The van der Waals surface area contributed by atoms with Crippen molar-refractivity contribution in [1.82, 2.24) is 5.43 Å². The van der Waals surface area contributed by atoms with Crippen LogP contribution >= 0.6 is 0 Å². The summed E-state index contributed by atoms with van der Waals surface area (Å²) in [6, 6.07) is 0.233. The van der Waals surface area contributed by atoms with E-state index in [1.807, 2.05) is 0 Å². The number of nitrogens with one attached hydrogen (secondary N) is 1. The first-order valence-electron chi connectivity index (χ1n) is 6.95. The monoisotopic (exact) mass is 244 g/mol. The molecule has 0 bridgehead atoms. The summed E-state index contributed by atoms with van der Waals surface area (Å²) in [6.07, 6.45) is 4.20. The molecule has 0 saturated carbocycles. The van der Waals surface area contributed by atoms with Crippen LogP contribution in [0.2, 0.25) is 0 Å². The van der Waals surface area contributed by atoms with Crippen molar-refractivity contribution in [3.8, 4) is 0 Å². The maximum atomic E-state index is 6.00. The van der Waals surface area contributed by atoms with E-state index in [1.54, 1.807) is 0 Å². The first-order valence-corrected chi connectivity index (χ1v) is 6.95. The molecule has 3 heteroatoms. The second-order valence-electron chi connectivity index (χ2n) is 6.02. The van der Waals surface area contributed by atoms with Crippen LogP contribution in [0.4, 0.5) is 0 Å². The maximum Gasteiger partial charge on any atom is 0.0842 e. The average Bonchev–Trinajstić information content (AvgIpc) is 2.26.